The van der Waals surface area contributed by atoms with Crippen LogP contribution in [-0.2, 0) is 11.8 Å². The van der Waals surface area contributed by atoms with Gasteiger partial charge in [-0.15, -0.1) is 0 Å². The van der Waals surface area contributed by atoms with Gasteiger partial charge in [-0.05, 0) is 30.7 Å². The summed E-state index contributed by atoms with van der Waals surface area (Å²) in [6.45, 7) is 3.23. The summed E-state index contributed by atoms with van der Waals surface area (Å²) in [5.74, 6) is 1.58. The molecule has 2 aromatic heterocycles. The number of nitrogens with zero attached hydrogens (tertiary/aromatic N) is 5. The van der Waals surface area contributed by atoms with Gasteiger partial charge in [0.2, 0.25) is 0 Å². The number of nitrogens with two attached hydrogens (primary N) is 1. The summed E-state index contributed by atoms with van der Waals surface area (Å²) in [7, 11) is 1.97. The van der Waals surface area contributed by atoms with Crippen molar-refractivity contribution in [2.75, 3.05) is 36.9 Å². The Bertz CT molecular complexity index is 849. The van der Waals surface area contributed by atoms with Crippen LogP contribution in [0.15, 0.2) is 30.6 Å². The lowest BCUT2D eigenvalue weighted by Crippen LogP contribution is -2.27. The van der Waals surface area contributed by atoms with Crippen LogP contribution < -0.4 is 10.6 Å². The molecule has 0 aliphatic carbocycles. The molecule has 124 valence electrons. The number of aromatic nitrogens is 4. The third kappa shape index (κ3) is 2.67. The van der Waals surface area contributed by atoms with Crippen molar-refractivity contribution in [3.8, 4) is 11.4 Å². The molecule has 1 aliphatic heterocycles. The number of ether oxygens (including phenoxy) is 1. The highest BCUT2D eigenvalue weighted by atomic mass is 16.5. The maximum absolute atomic E-state index is 5.78. The zero-order valence-electron chi connectivity index (χ0n) is 13.6. The zero-order valence-corrected chi connectivity index (χ0v) is 13.6. The van der Waals surface area contributed by atoms with E-state index in [2.05, 4.69) is 14.9 Å². The predicted octanol–water partition coefficient (Wildman–Crippen LogP) is 1.84. The zero-order chi connectivity index (χ0) is 16.5. The lowest BCUT2D eigenvalue weighted by molar-refractivity contribution is 0.152. The monoisotopic (exact) mass is 324 g/mol. The first kappa shape index (κ1) is 14.9. The summed E-state index contributed by atoms with van der Waals surface area (Å²) in [6.07, 6.45) is 2.77. The molecule has 3 heterocycles. The van der Waals surface area contributed by atoms with Gasteiger partial charge in [0.15, 0.2) is 17.3 Å². The number of nitrogen functional groups attached to an aromatic ring is 1. The van der Waals surface area contributed by atoms with Gasteiger partial charge in [0.25, 0.3) is 0 Å². The molecule has 0 unspecified atom stereocenters. The Morgan fingerprint density at radius 2 is 1.92 bits per heavy atom. The molecule has 0 atom stereocenters. The molecule has 7 heteroatoms. The summed E-state index contributed by atoms with van der Waals surface area (Å²) in [5, 5.41) is 0. The van der Waals surface area contributed by atoms with E-state index in [1.54, 1.807) is 6.33 Å². The van der Waals surface area contributed by atoms with Gasteiger partial charge in [0.1, 0.15) is 5.52 Å². The topological polar surface area (TPSA) is 82.1 Å². The predicted molar refractivity (Wildman–Crippen MR) is 93.8 cm³/mol. The molecule has 0 bridgehead atoms. The van der Waals surface area contributed by atoms with Crippen LogP contribution in [0.5, 0.6) is 0 Å². The van der Waals surface area contributed by atoms with E-state index in [1.165, 1.54) is 0 Å². The van der Waals surface area contributed by atoms with Gasteiger partial charge in [-0.2, -0.15) is 0 Å². The van der Waals surface area contributed by atoms with Crippen LogP contribution in [0.3, 0.4) is 0 Å². The summed E-state index contributed by atoms with van der Waals surface area (Å²) < 4.78 is 7.55. The Kier molecular flexibility index (Phi) is 3.78. The molecular weight excluding hydrogens is 304 g/mol. The number of rotatable bonds is 2. The first-order valence-corrected chi connectivity index (χ1v) is 8.10. The van der Waals surface area contributed by atoms with Crippen molar-refractivity contribution in [1.82, 2.24) is 19.5 Å². The molecule has 1 fully saturated rings. The molecule has 0 spiro atoms. The lowest BCUT2D eigenvalue weighted by Gasteiger charge is -2.22. The van der Waals surface area contributed by atoms with Crippen molar-refractivity contribution in [1.29, 1.82) is 0 Å². The van der Waals surface area contributed by atoms with E-state index in [4.69, 9.17) is 15.5 Å². The minimum absolute atomic E-state index is 0.668. The Hall–Kier alpha value is -2.67. The number of aryl methyl sites for hydroxylation is 1. The van der Waals surface area contributed by atoms with Crippen molar-refractivity contribution in [2.45, 2.75) is 6.42 Å². The van der Waals surface area contributed by atoms with Crippen LogP contribution in [0.2, 0.25) is 0 Å². The highest BCUT2D eigenvalue weighted by Crippen LogP contribution is 2.27. The third-order valence-electron chi connectivity index (χ3n) is 4.24. The molecule has 0 amide bonds. The van der Waals surface area contributed by atoms with E-state index in [1.807, 2.05) is 35.9 Å². The van der Waals surface area contributed by atoms with Gasteiger partial charge in [-0.3, -0.25) is 0 Å². The van der Waals surface area contributed by atoms with Gasteiger partial charge in [-0.1, -0.05) is 0 Å². The minimum Gasteiger partial charge on any atom is -0.399 e. The average Bonchev–Trinajstić information content (AvgIpc) is 2.81. The second-order valence-corrected chi connectivity index (χ2v) is 5.97. The molecule has 4 rings (SSSR count). The number of benzene rings is 1. The molecule has 0 saturated carbocycles. The van der Waals surface area contributed by atoms with Crippen molar-refractivity contribution in [3.05, 3.63) is 30.6 Å². The van der Waals surface area contributed by atoms with Crippen molar-refractivity contribution >= 4 is 22.7 Å². The average molecular weight is 324 g/mol. The third-order valence-corrected chi connectivity index (χ3v) is 4.24. The smallest absolute Gasteiger partial charge is 0.183 e. The standard InChI is InChI=1S/C17H20N6O/c1-22-11-19-16-14(22)17(23-7-2-9-24-10-8-23)21-15(20-16)12-3-5-13(18)6-4-12/h3-6,11H,2,7-10,18H2,1H3. The number of imidazole rings is 1. The SMILES string of the molecule is Cn1cnc2nc(-c3ccc(N)cc3)nc(N3CCCOCC3)c21. The first-order valence-electron chi connectivity index (χ1n) is 8.10. The van der Waals surface area contributed by atoms with Gasteiger partial charge in [0, 0.05) is 38.0 Å². The number of hydrogen-bond donors (Lipinski definition) is 1. The van der Waals surface area contributed by atoms with Gasteiger partial charge >= 0.3 is 0 Å². The van der Waals surface area contributed by atoms with E-state index < -0.39 is 0 Å². The summed E-state index contributed by atoms with van der Waals surface area (Å²) in [6, 6.07) is 7.60. The second kappa shape index (κ2) is 6.09. The minimum atomic E-state index is 0.668. The summed E-state index contributed by atoms with van der Waals surface area (Å²) in [5.41, 5.74) is 9.11. The quantitative estimate of drug-likeness (QED) is 0.724. The van der Waals surface area contributed by atoms with E-state index in [0.717, 1.165) is 48.7 Å². The van der Waals surface area contributed by atoms with Crippen molar-refractivity contribution in [2.24, 2.45) is 7.05 Å². The normalized spacial score (nSPS) is 15.6. The number of anilines is 2. The molecule has 7 nitrogen and oxygen atoms in total. The van der Waals surface area contributed by atoms with E-state index in [9.17, 15) is 0 Å². The van der Waals surface area contributed by atoms with E-state index in [-0.39, 0.29) is 0 Å². The Labute approximate surface area is 140 Å². The molecule has 24 heavy (non-hydrogen) atoms. The highest BCUT2D eigenvalue weighted by molar-refractivity contribution is 5.86. The lowest BCUT2D eigenvalue weighted by atomic mass is 10.2. The highest BCUT2D eigenvalue weighted by Gasteiger charge is 2.19. The fraction of sp³-hybridized carbons (Fsp3) is 0.353. The Morgan fingerprint density at radius 3 is 2.75 bits per heavy atom. The maximum Gasteiger partial charge on any atom is 0.183 e. The summed E-state index contributed by atoms with van der Waals surface area (Å²) >= 11 is 0. The van der Waals surface area contributed by atoms with Gasteiger partial charge in [0.05, 0.1) is 12.9 Å². The number of fused-ring (bicyclic) bond motifs is 1. The largest absolute Gasteiger partial charge is 0.399 e. The fourth-order valence-electron chi connectivity index (χ4n) is 2.98. The molecular formula is C17H20N6O. The molecule has 1 aromatic carbocycles. The maximum atomic E-state index is 5.78. The molecule has 0 radical (unpaired) electrons. The van der Waals surface area contributed by atoms with E-state index in [0.29, 0.717) is 18.1 Å². The fourth-order valence-corrected chi connectivity index (χ4v) is 2.98. The van der Waals surface area contributed by atoms with Crippen molar-refractivity contribution in [3.63, 3.8) is 0 Å². The van der Waals surface area contributed by atoms with Gasteiger partial charge in [-0.25, -0.2) is 15.0 Å². The number of hydrogen-bond acceptors (Lipinski definition) is 6. The van der Waals surface area contributed by atoms with Crippen LogP contribution in [0.1, 0.15) is 6.42 Å². The van der Waals surface area contributed by atoms with Crippen LogP contribution in [0, 0.1) is 0 Å². The van der Waals surface area contributed by atoms with Crippen LogP contribution in [0.25, 0.3) is 22.6 Å². The Morgan fingerprint density at radius 1 is 1.08 bits per heavy atom. The first-order chi connectivity index (χ1) is 11.7. The molecule has 1 saturated heterocycles. The van der Waals surface area contributed by atoms with Crippen LogP contribution >= 0.6 is 0 Å². The molecule has 3 aromatic rings. The Balaban J connectivity index is 1.86. The van der Waals surface area contributed by atoms with Crippen molar-refractivity contribution < 1.29 is 4.74 Å². The van der Waals surface area contributed by atoms with Crippen LogP contribution in [-0.4, -0.2) is 45.8 Å². The molecule has 1 aliphatic rings. The van der Waals surface area contributed by atoms with E-state index >= 15 is 0 Å². The molecule has 2 N–H and O–H groups in total. The van der Waals surface area contributed by atoms with Gasteiger partial charge < -0.3 is 19.9 Å². The summed E-state index contributed by atoms with van der Waals surface area (Å²) in [4.78, 5) is 16.2. The van der Waals surface area contributed by atoms with Crippen LogP contribution in [0.4, 0.5) is 11.5 Å². The second-order valence-electron chi connectivity index (χ2n) is 5.97.